The van der Waals surface area contributed by atoms with E-state index in [9.17, 15) is 5.11 Å². The number of benzene rings is 1. The quantitative estimate of drug-likeness (QED) is 0.913. The predicted octanol–water partition coefficient (Wildman–Crippen LogP) is 2.69. The summed E-state index contributed by atoms with van der Waals surface area (Å²) in [6, 6.07) is 7.56. The zero-order valence-electron chi connectivity index (χ0n) is 13.4. The minimum Gasteiger partial charge on any atom is -0.390 e. The summed E-state index contributed by atoms with van der Waals surface area (Å²) in [5.41, 5.74) is 0.839. The second-order valence-corrected chi connectivity index (χ2v) is 6.79. The van der Waals surface area contributed by atoms with Crippen LogP contribution in [-0.4, -0.2) is 50.5 Å². The van der Waals surface area contributed by atoms with E-state index < -0.39 is 6.10 Å². The molecule has 0 bridgehead atoms. The standard InChI is InChI=1S/C17H23ClN4O/c1-13-6-8-21(9-7-13)10-14(23)11-22-17(19-12-20-22)15-4-2-3-5-16(15)18/h2-5,12-14,23H,6-11H2,1H3. The van der Waals surface area contributed by atoms with Gasteiger partial charge in [0.05, 0.1) is 17.7 Å². The van der Waals surface area contributed by atoms with Gasteiger partial charge in [-0.1, -0.05) is 30.7 Å². The number of aliphatic hydroxyl groups excluding tert-OH is 1. The van der Waals surface area contributed by atoms with E-state index in [4.69, 9.17) is 11.6 Å². The van der Waals surface area contributed by atoms with Crippen molar-refractivity contribution in [2.75, 3.05) is 19.6 Å². The Labute approximate surface area is 141 Å². The van der Waals surface area contributed by atoms with Crippen LogP contribution in [-0.2, 0) is 6.54 Å². The second-order valence-electron chi connectivity index (χ2n) is 6.38. The molecule has 1 aliphatic heterocycles. The van der Waals surface area contributed by atoms with Gasteiger partial charge in [-0.25, -0.2) is 9.67 Å². The van der Waals surface area contributed by atoms with E-state index in [1.54, 1.807) is 4.68 Å². The first-order valence-corrected chi connectivity index (χ1v) is 8.54. The minimum atomic E-state index is -0.466. The highest BCUT2D eigenvalue weighted by atomic mass is 35.5. The van der Waals surface area contributed by atoms with Crippen molar-refractivity contribution in [2.45, 2.75) is 32.4 Å². The molecule has 1 aliphatic rings. The number of halogens is 1. The molecule has 0 spiro atoms. The average molecular weight is 335 g/mol. The Kier molecular flexibility index (Phi) is 5.30. The van der Waals surface area contributed by atoms with Crippen molar-refractivity contribution >= 4 is 11.6 Å². The maximum absolute atomic E-state index is 10.4. The minimum absolute atomic E-state index is 0.423. The number of hydrogen-bond acceptors (Lipinski definition) is 4. The van der Waals surface area contributed by atoms with Crippen molar-refractivity contribution in [3.63, 3.8) is 0 Å². The molecule has 6 heteroatoms. The van der Waals surface area contributed by atoms with Crippen LogP contribution in [0.5, 0.6) is 0 Å². The first-order chi connectivity index (χ1) is 11.1. The predicted molar refractivity (Wildman–Crippen MR) is 91.3 cm³/mol. The molecule has 23 heavy (non-hydrogen) atoms. The Morgan fingerprint density at radius 3 is 2.74 bits per heavy atom. The van der Waals surface area contributed by atoms with Crippen LogP contribution >= 0.6 is 11.6 Å². The molecule has 1 aromatic carbocycles. The Hall–Kier alpha value is -1.43. The van der Waals surface area contributed by atoms with E-state index in [1.165, 1.54) is 19.2 Å². The van der Waals surface area contributed by atoms with Crippen molar-refractivity contribution in [1.82, 2.24) is 19.7 Å². The molecule has 2 aromatic rings. The Morgan fingerprint density at radius 1 is 1.26 bits per heavy atom. The molecule has 1 N–H and O–H groups in total. The fraction of sp³-hybridized carbons (Fsp3) is 0.529. The summed E-state index contributed by atoms with van der Waals surface area (Å²) in [5, 5.41) is 15.3. The monoisotopic (exact) mass is 334 g/mol. The van der Waals surface area contributed by atoms with Gasteiger partial charge in [0.15, 0.2) is 5.82 Å². The lowest BCUT2D eigenvalue weighted by Gasteiger charge is -2.31. The Morgan fingerprint density at radius 2 is 2.00 bits per heavy atom. The molecule has 124 valence electrons. The molecule has 1 fully saturated rings. The SMILES string of the molecule is CC1CCN(CC(O)Cn2ncnc2-c2ccccc2Cl)CC1. The van der Waals surface area contributed by atoms with Gasteiger partial charge in [0.25, 0.3) is 0 Å². The van der Waals surface area contributed by atoms with Crippen LogP contribution in [0.1, 0.15) is 19.8 Å². The van der Waals surface area contributed by atoms with Crippen LogP contribution in [0.4, 0.5) is 0 Å². The van der Waals surface area contributed by atoms with Gasteiger partial charge in [-0.05, 0) is 44.0 Å². The zero-order chi connectivity index (χ0) is 16.2. The van der Waals surface area contributed by atoms with Gasteiger partial charge >= 0.3 is 0 Å². The maximum Gasteiger partial charge on any atom is 0.159 e. The summed E-state index contributed by atoms with van der Waals surface area (Å²) in [7, 11) is 0. The number of nitrogens with zero attached hydrogens (tertiary/aromatic N) is 4. The third kappa shape index (κ3) is 4.10. The van der Waals surface area contributed by atoms with E-state index in [0.717, 1.165) is 24.6 Å². The van der Waals surface area contributed by atoms with Crippen LogP contribution in [0.25, 0.3) is 11.4 Å². The van der Waals surface area contributed by atoms with Crippen LogP contribution < -0.4 is 0 Å². The van der Waals surface area contributed by atoms with Crippen molar-refractivity contribution in [3.8, 4) is 11.4 Å². The summed E-state index contributed by atoms with van der Waals surface area (Å²) in [5.74, 6) is 1.49. The van der Waals surface area contributed by atoms with Gasteiger partial charge in [-0.15, -0.1) is 0 Å². The van der Waals surface area contributed by atoms with Crippen LogP contribution in [0.3, 0.4) is 0 Å². The maximum atomic E-state index is 10.4. The summed E-state index contributed by atoms with van der Waals surface area (Å²) >= 11 is 6.24. The molecule has 1 aromatic heterocycles. The zero-order valence-corrected chi connectivity index (χ0v) is 14.2. The molecule has 0 amide bonds. The fourth-order valence-electron chi connectivity index (χ4n) is 3.05. The van der Waals surface area contributed by atoms with Crippen LogP contribution in [0, 0.1) is 5.92 Å². The number of hydrogen-bond donors (Lipinski definition) is 1. The molecular formula is C17H23ClN4O. The molecule has 3 rings (SSSR count). The normalized spacial score (nSPS) is 18.2. The lowest BCUT2D eigenvalue weighted by molar-refractivity contribution is 0.0780. The van der Waals surface area contributed by atoms with E-state index in [2.05, 4.69) is 21.9 Å². The molecular weight excluding hydrogens is 312 g/mol. The van der Waals surface area contributed by atoms with Gasteiger partial charge < -0.3 is 10.0 Å². The summed E-state index contributed by atoms with van der Waals surface area (Å²) in [6.45, 7) is 5.51. The summed E-state index contributed by atoms with van der Waals surface area (Å²) in [4.78, 5) is 6.63. The number of likely N-dealkylation sites (tertiary alicyclic amines) is 1. The van der Waals surface area contributed by atoms with Gasteiger partial charge in [0, 0.05) is 12.1 Å². The highest BCUT2D eigenvalue weighted by Crippen LogP contribution is 2.25. The van der Waals surface area contributed by atoms with Crippen LogP contribution in [0.15, 0.2) is 30.6 Å². The largest absolute Gasteiger partial charge is 0.390 e. The molecule has 0 aliphatic carbocycles. The van der Waals surface area contributed by atoms with E-state index in [1.807, 2.05) is 24.3 Å². The molecule has 1 atom stereocenters. The third-order valence-corrected chi connectivity index (χ3v) is 4.79. The number of aromatic nitrogens is 3. The number of aliphatic hydroxyl groups is 1. The molecule has 2 heterocycles. The lowest BCUT2D eigenvalue weighted by atomic mass is 9.99. The first-order valence-electron chi connectivity index (χ1n) is 8.16. The number of rotatable bonds is 5. The van der Waals surface area contributed by atoms with Crippen molar-refractivity contribution in [1.29, 1.82) is 0 Å². The molecule has 0 saturated carbocycles. The fourth-order valence-corrected chi connectivity index (χ4v) is 3.27. The summed E-state index contributed by atoms with van der Waals surface area (Å²) in [6.07, 6.45) is 3.46. The van der Waals surface area contributed by atoms with Crippen molar-refractivity contribution < 1.29 is 5.11 Å². The van der Waals surface area contributed by atoms with Gasteiger partial charge in [-0.2, -0.15) is 5.10 Å². The average Bonchev–Trinajstić information content (AvgIpc) is 2.98. The van der Waals surface area contributed by atoms with E-state index in [0.29, 0.717) is 23.9 Å². The summed E-state index contributed by atoms with van der Waals surface area (Å²) < 4.78 is 1.73. The smallest absolute Gasteiger partial charge is 0.159 e. The molecule has 0 radical (unpaired) electrons. The van der Waals surface area contributed by atoms with Crippen molar-refractivity contribution in [3.05, 3.63) is 35.6 Å². The van der Waals surface area contributed by atoms with E-state index >= 15 is 0 Å². The third-order valence-electron chi connectivity index (χ3n) is 4.46. The molecule has 1 saturated heterocycles. The highest BCUT2D eigenvalue weighted by Gasteiger charge is 2.20. The topological polar surface area (TPSA) is 54.2 Å². The van der Waals surface area contributed by atoms with Gasteiger partial charge in [-0.3, -0.25) is 0 Å². The highest BCUT2D eigenvalue weighted by molar-refractivity contribution is 6.33. The Bertz CT molecular complexity index is 637. The van der Waals surface area contributed by atoms with Gasteiger partial charge in [0.2, 0.25) is 0 Å². The molecule has 5 nitrogen and oxygen atoms in total. The van der Waals surface area contributed by atoms with E-state index in [-0.39, 0.29) is 0 Å². The van der Waals surface area contributed by atoms with Crippen molar-refractivity contribution in [2.24, 2.45) is 5.92 Å². The first kappa shape index (κ1) is 16.4. The van der Waals surface area contributed by atoms with Crippen LogP contribution in [0.2, 0.25) is 5.02 Å². The number of β-amino-alcohol motifs (C(OH)–C–C–N with tert-alkyl or cyclic N) is 1. The van der Waals surface area contributed by atoms with Gasteiger partial charge in [0.1, 0.15) is 6.33 Å². The Balaban J connectivity index is 1.65. The lowest BCUT2D eigenvalue weighted by Crippen LogP contribution is -2.39. The second kappa shape index (κ2) is 7.43. The number of piperidine rings is 1. The molecule has 1 unspecified atom stereocenters.